The van der Waals surface area contributed by atoms with E-state index in [1.54, 1.807) is 12.1 Å². The van der Waals surface area contributed by atoms with Crippen LogP contribution in [0.4, 0.5) is 4.39 Å². The molecule has 0 amide bonds. The number of halogens is 2. The van der Waals surface area contributed by atoms with Gasteiger partial charge in [-0.25, -0.2) is 4.39 Å². The van der Waals surface area contributed by atoms with Gasteiger partial charge in [-0.15, -0.1) is 11.6 Å². The van der Waals surface area contributed by atoms with Gasteiger partial charge in [0.25, 0.3) is 0 Å². The van der Waals surface area contributed by atoms with Gasteiger partial charge in [-0.1, -0.05) is 30.3 Å². The van der Waals surface area contributed by atoms with Crippen molar-refractivity contribution in [3.05, 3.63) is 65.5 Å². The minimum absolute atomic E-state index is 0.117. The van der Waals surface area contributed by atoms with Crippen molar-refractivity contribution in [2.24, 2.45) is 0 Å². The van der Waals surface area contributed by atoms with E-state index in [0.717, 1.165) is 24.2 Å². The van der Waals surface area contributed by atoms with E-state index < -0.39 is 0 Å². The summed E-state index contributed by atoms with van der Waals surface area (Å²) in [6.07, 6.45) is 1.83. The summed E-state index contributed by atoms with van der Waals surface area (Å²) in [6, 6.07) is 14.8. The third-order valence-corrected chi connectivity index (χ3v) is 4.14. The molecule has 1 heterocycles. The van der Waals surface area contributed by atoms with Crippen LogP contribution in [0.2, 0.25) is 0 Å². The van der Waals surface area contributed by atoms with Crippen LogP contribution in [0, 0.1) is 5.82 Å². The van der Waals surface area contributed by atoms with Gasteiger partial charge in [-0.05, 0) is 35.7 Å². The van der Waals surface area contributed by atoms with Crippen molar-refractivity contribution in [1.29, 1.82) is 0 Å². The lowest BCUT2D eigenvalue weighted by Gasteiger charge is -2.19. The fraction of sp³-hybridized carbons (Fsp3) is 0.294. The number of para-hydroxylation sites is 1. The van der Waals surface area contributed by atoms with Crippen molar-refractivity contribution in [1.82, 2.24) is 0 Å². The molecule has 20 heavy (non-hydrogen) atoms. The molecule has 0 saturated heterocycles. The molecule has 1 nitrogen and oxygen atoms in total. The monoisotopic (exact) mass is 290 g/mol. The number of ether oxygens (including phenoxy) is 1. The van der Waals surface area contributed by atoms with E-state index in [1.807, 2.05) is 24.3 Å². The van der Waals surface area contributed by atoms with E-state index in [2.05, 4.69) is 6.07 Å². The summed E-state index contributed by atoms with van der Waals surface area (Å²) in [7, 11) is 0. The van der Waals surface area contributed by atoms with Crippen LogP contribution in [-0.4, -0.2) is 12.0 Å². The van der Waals surface area contributed by atoms with E-state index in [4.69, 9.17) is 16.3 Å². The highest BCUT2D eigenvalue weighted by atomic mass is 35.5. The maximum Gasteiger partial charge on any atom is 0.123 e. The third-order valence-electron chi connectivity index (χ3n) is 3.77. The first-order chi connectivity index (χ1) is 9.76. The first-order valence-corrected chi connectivity index (χ1v) is 7.35. The molecule has 0 bridgehead atoms. The quantitative estimate of drug-likeness (QED) is 0.751. The number of benzene rings is 2. The minimum Gasteiger partial charge on any atom is -0.490 e. The molecule has 0 saturated carbocycles. The summed E-state index contributed by atoms with van der Waals surface area (Å²) in [6.45, 7) is 0. The van der Waals surface area contributed by atoms with Gasteiger partial charge < -0.3 is 4.74 Å². The highest BCUT2D eigenvalue weighted by Crippen LogP contribution is 2.33. The largest absolute Gasteiger partial charge is 0.490 e. The highest BCUT2D eigenvalue weighted by Gasteiger charge is 2.26. The molecule has 0 radical (unpaired) electrons. The Morgan fingerprint density at radius 3 is 2.80 bits per heavy atom. The van der Waals surface area contributed by atoms with Gasteiger partial charge in [0.2, 0.25) is 0 Å². The third kappa shape index (κ3) is 2.80. The van der Waals surface area contributed by atoms with Crippen LogP contribution < -0.4 is 4.74 Å². The zero-order valence-electron chi connectivity index (χ0n) is 11.1. The first kappa shape index (κ1) is 13.4. The van der Waals surface area contributed by atoms with E-state index in [0.29, 0.717) is 5.88 Å². The van der Waals surface area contributed by atoms with Gasteiger partial charge in [0.15, 0.2) is 0 Å². The molecular weight excluding hydrogens is 275 g/mol. The van der Waals surface area contributed by atoms with E-state index >= 15 is 0 Å². The molecular formula is C17H16ClFO. The Balaban J connectivity index is 1.71. The Morgan fingerprint density at radius 1 is 1.20 bits per heavy atom. The predicted molar refractivity (Wildman–Crippen MR) is 79.0 cm³/mol. The number of fused-ring (bicyclic) bond motifs is 1. The number of hydrogen-bond acceptors (Lipinski definition) is 1. The second-order valence-electron chi connectivity index (χ2n) is 5.19. The zero-order valence-corrected chi connectivity index (χ0v) is 11.8. The van der Waals surface area contributed by atoms with Crippen LogP contribution >= 0.6 is 11.6 Å². The van der Waals surface area contributed by atoms with Crippen LogP contribution in [0.15, 0.2) is 48.5 Å². The Morgan fingerprint density at radius 2 is 2.05 bits per heavy atom. The Hall–Kier alpha value is -1.54. The fourth-order valence-corrected chi connectivity index (χ4v) is 3.06. The summed E-state index contributed by atoms with van der Waals surface area (Å²) in [5.74, 6) is 1.34. The summed E-state index contributed by atoms with van der Waals surface area (Å²) in [5, 5.41) is 0. The van der Waals surface area contributed by atoms with Crippen molar-refractivity contribution in [3.8, 4) is 5.75 Å². The van der Waals surface area contributed by atoms with Gasteiger partial charge in [0.05, 0.1) is 0 Å². The van der Waals surface area contributed by atoms with E-state index in [9.17, 15) is 4.39 Å². The second kappa shape index (κ2) is 5.84. The van der Waals surface area contributed by atoms with Crippen LogP contribution in [-0.2, 0) is 6.42 Å². The van der Waals surface area contributed by atoms with Gasteiger partial charge in [0, 0.05) is 18.2 Å². The molecule has 3 rings (SSSR count). The summed E-state index contributed by atoms with van der Waals surface area (Å²) in [4.78, 5) is 0. The maximum absolute atomic E-state index is 13.3. The van der Waals surface area contributed by atoms with Crippen LogP contribution in [0.1, 0.15) is 23.5 Å². The fourth-order valence-electron chi connectivity index (χ4n) is 2.75. The number of hydrogen-bond donors (Lipinski definition) is 0. The molecule has 2 aromatic carbocycles. The predicted octanol–water partition coefficient (Wildman–Crippen LogP) is 4.54. The lowest BCUT2D eigenvalue weighted by molar-refractivity contribution is 0.212. The van der Waals surface area contributed by atoms with Gasteiger partial charge in [-0.2, -0.15) is 0 Å². The molecule has 0 spiro atoms. The normalized spacial score (nSPS) is 18.4. The van der Waals surface area contributed by atoms with Gasteiger partial charge in [-0.3, -0.25) is 0 Å². The standard InChI is InChI=1S/C17H16ClFO/c18-11-14(12-5-3-6-15(19)8-12)10-16-9-13-4-1-2-7-17(13)20-16/h1-8,14,16H,9-11H2. The molecule has 2 atom stereocenters. The van der Waals surface area contributed by atoms with Crippen molar-refractivity contribution in [3.63, 3.8) is 0 Å². The van der Waals surface area contributed by atoms with Crippen molar-refractivity contribution < 1.29 is 9.13 Å². The molecule has 2 aromatic rings. The Kier molecular flexibility index (Phi) is 3.93. The molecule has 104 valence electrons. The lowest BCUT2D eigenvalue weighted by atomic mass is 9.93. The highest BCUT2D eigenvalue weighted by molar-refractivity contribution is 6.18. The SMILES string of the molecule is Fc1cccc(C(CCl)CC2Cc3ccccc3O2)c1. The smallest absolute Gasteiger partial charge is 0.123 e. The summed E-state index contributed by atoms with van der Waals surface area (Å²) >= 11 is 6.07. The lowest BCUT2D eigenvalue weighted by Crippen LogP contribution is -2.18. The van der Waals surface area contributed by atoms with Gasteiger partial charge in [0.1, 0.15) is 17.7 Å². The summed E-state index contributed by atoms with van der Waals surface area (Å²) in [5.41, 5.74) is 2.18. The van der Waals surface area contributed by atoms with E-state index in [-0.39, 0.29) is 17.8 Å². The Bertz CT molecular complexity index is 574. The second-order valence-corrected chi connectivity index (χ2v) is 5.50. The van der Waals surface area contributed by atoms with Crippen molar-refractivity contribution in [2.45, 2.75) is 24.9 Å². The average molecular weight is 291 g/mol. The molecule has 0 N–H and O–H groups in total. The minimum atomic E-state index is -0.215. The van der Waals surface area contributed by atoms with E-state index in [1.165, 1.54) is 11.6 Å². The molecule has 0 aliphatic carbocycles. The maximum atomic E-state index is 13.3. The molecule has 1 aliphatic rings. The van der Waals surface area contributed by atoms with Crippen molar-refractivity contribution >= 4 is 11.6 Å². The van der Waals surface area contributed by atoms with Crippen LogP contribution in [0.5, 0.6) is 5.75 Å². The van der Waals surface area contributed by atoms with Crippen LogP contribution in [0.3, 0.4) is 0 Å². The first-order valence-electron chi connectivity index (χ1n) is 6.82. The molecule has 2 unspecified atom stereocenters. The molecule has 0 aromatic heterocycles. The van der Waals surface area contributed by atoms with Crippen LogP contribution in [0.25, 0.3) is 0 Å². The number of rotatable bonds is 4. The zero-order chi connectivity index (χ0) is 13.9. The Labute approximate surface area is 123 Å². The molecule has 1 aliphatic heterocycles. The van der Waals surface area contributed by atoms with Crippen molar-refractivity contribution in [2.75, 3.05) is 5.88 Å². The topological polar surface area (TPSA) is 9.23 Å². The van der Waals surface area contributed by atoms with Gasteiger partial charge >= 0.3 is 0 Å². The summed E-state index contributed by atoms with van der Waals surface area (Å²) < 4.78 is 19.3. The number of alkyl halides is 1. The average Bonchev–Trinajstić information content (AvgIpc) is 2.87. The molecule has 3 heteroatoms. The molecule has 0 fully saturated rings.